The minimum absolute atomic E-state index is 0.0503. The summed E-state index contributed by atoms with van der Waals surface area (Å²) < 4.78 is 5.61. The maximum atomic E-state index is 13.3. The van der Waals surface area contributed by atoms with Gasteiger partial charge in [-0.15, -0.1) is 0 Å². The van der Waals surface area contributed by atoms with E-state index >= 15 is 0 Å². The van der Waals surface area contributed by atoms with Crippen LogP contribution in [0.4, 0.5) is 22.7 Å². The summed E-state index contributed by atoms with van der Waals surface area (Å²) in [6.45, 7) is -0.0503. The number of hydrogen-bond acceptors (Lipinski definition) is 8. The van der Waals surface area contributed by atoms with Crippen molar-refractivity contribution in [2.45, 2.75) is 6.61 Å². The number of carbonyl (C=O) groups is 3. The predicted molar refractivity (Wildman–Crippen MR) is 166 cm³/mol. The normalized spacial score (nSPS) is 10.4. The molecule has 0 fully saturated rings. The van der Waals surface area contributed by atoms with Crippen molar-refractivity contribution >= 4 is 40.6 Å². The lowest BCUT2D eigenvalue weighted by Crippen LogP contribution is -2.14. The first-order valence-corrected chi connectivity index (χ1v) is 13.3. The SMILES string of the molecule is Nc1ccc(-c2ccc(N)cc2C(=O)ONc2ccccc2)c(C(=O)OCc2ccc(C(=O)Nc3ccccc3)cc2)c1. The van der Waals surface area contributed by atoms with Gasteiger partial charge in [0.1, 0.15) is 6.61 Å². The van der Waals surface area contributed by atoms with Gasteiger partial charge in [0.25, 0.3) is 5.91 Å². The number of esters is 1. The molecule has 6 N–H and O–H groups in total. The van der Waals surface area contributed by atoms with Gasteiger partial charge in [0.15, 0.2) is 0 Å². The zero-order valence-electron chi connectivity index (χ0n) is 23.0. The van der Waals surface area contributed by atoms with Gasteiger partial charge in [-0.2, -0.15) is 0 Å². The minimum atomic E-state index is -0.696. The molecule has 0 aliphatic heterocycles. The number of benzene rings is 5. The quantitative estimate of drug-likeness (QED) is 0.0913. The lowest BCUT2D eigenvalue weighted by molar-refractivity contribution is 0.0472. The molecule has 0 aliphatic rings. The Morgan fingerprint density at radius 1 is 0.605 bits per heavy atom. The van der Waals surface area contributed by atoms with Crippen LogP contribution in [0.3, 0.4) is 0 Å². The maximum Gasteiger partial charge on any atom is 0.363 e. The van der Waals surface area contributed by atoms with E-state index in [1.165, 1.54) is 12.1 Å². The topological polar surface area (TPSA) is 146 Å². The number of carbonyl (C=O) groups excluding carboxylic acids is 3. The summed E-state index contributed by atoms with van der Waals surface area (Å²) in [5.74, 6) is -1.60. The minimum Gasteiger partial charge on any atom is -0.457 e. The van der Waals surface area contributed by atoms with Crippen LogP contribution in [-0.2, 0) is 16.2 Å². The van der Waals surface area contributed by atoms with Crippen molar-refractivity contribution < 1.29 is 24.0 Å². The Morgan fingerprint density at radius 2 is 1.14 bits per heavy atom. The zero-order valence-corrected chi connectivity index (χ0v) is 23.0. The Balaban J connectivity index is 1.31. The summed E-state index contributed by atoms with van der Waals surface area (Å²) in [5.41, 5.74) is 18.9. The molecule has 1 amide bonds. The van der Waals surface area contributed by atoms with Crippen molar-refractivity contribution in [2.75, 3.05) is 22.3 Å². The molecule has 0 saturated carbocycles. The van der Waals surface area contributed by atoms with Gasteiger partial charge < -0.3 is 26.4 Å². The van der Waals surface area contributed by atoms with E-state index in [2.05, 4.69) is 10.8 Å². The van der Waals surface area contributed by atoms with Gasteiger partial charge >= 0.3 is 11.9 Å². The molecule has 5 rings (SSSR count). The Labute approximate surface area is 248 Å². The molecule has 214 valence electrons. The van der Waals surface area contributed by atoms with Crippen LogP contribution in [0.1, 0.15) is 36.6 Å². The van der Waals surface area contributed by atoms with E-state index in [-0.39, 0.29) is 23.6 Å². The summed E-state index contributed by atoms with van der Waals surface area (Å²) in [6.07, 6.45) is 0. The van der Waals surface area contributed by atoms with Gasteiger partial charge in [-0.3, -0.25) is 4.79 Å². The number of para-hydroxylation sites is 2. The number of ether oxygens (including phenoxy) is 1. The van der Waals surface area contributed by atoms with Gasteiger partial charge in [0.2, 0.25) is 0 Å². The average molecular weight is 573 g/mol. The van der Waals surface area contributed by atoms with Crippen LogP contribution in [0, 0.1) is 0 Å². The second kappa shape index (κ2) is 13.0. The number of nitrogens with one attached hydrogen (secondary N) is 2. The number of amides is 1. The number of rotatable bonds is 9. The lowest BCUT2D eigenvalue weighted by Gasteiger charge is -2.15. The molecule has 0 unspecified atom stereocenters. The highest BCUT2D eigenvalue weighted by molar-refractivity contribution is 6.05. The highest BCUT2D eigenvalue weighted by Gasteiger charge is 2.21. The van der Waals surface area contributed by atoms with E-state index in [1.54, 1.807) is 84.9 Å². The van der Waals surface area contributed by atoms with Crippen molar-refractivity contribution in [3.63, 3.8) is 0 Å². The largest absolute Gasteiger partial charge is 0.457 e. The van der Waals surface area contributed by atoms with Gasteiger partial charge in [0.05, 0.1) is 16.8 Å². The Kier molecular flexibility index (Phi) is 8.63. The van der Waals surface area contributed by atoms with Crippen LogP contribution >= 0.6 is 0 Å². The first-order chi connectivity index (χ1) is 20.9. The van der Waals surface area contributed by atoms with Crippen molar-refractivity contribution in [1.29, 1.82) is 0 Å². The van der Waals surface area contributed by atoms with E-state index in [4.69, 9.17) is 21.0 Å². The van der Waals surface area contributed by atoms with Gasteiger partial charge in [0, 0.05) is 22.6 Å². The standard InChI is InChI=1S/C34H28N4O5/c35-24-15-17-28(29-18-16-25(36)20-31(29)34(41)43-38-27-9-5-2-6-10-27)30(19-24)33(40)42-21-22-11-13-23(14-12-22)32(39)37-26-7-3-1-4-8-26/h1-20,38H,21,35-36H2,(H,37,39). The van der Waals surface area contributed by atoms with E-state index in [9.17, 15) is 14.4 Å². The maximum absolute atomic E-state index is 13.3. The van der Waals surface area contributed by atoms with Crippen LogP contribution in [-0.4, -0.2) is 17.8 Å². The van der Waals surface area contributed by atoms with E-state index in [0.29, 0.717) is 45.0 Å². The van der Waals surface area contributed by atoms with Crippen molar-refractivity contribution in [3.05, 3.63) is 144 Å². The molecule has 5 aromatic rings. The fourth-order valence-electron chi connectivity index (χ4n) is 4.30. The van der Waals surface area contributed by atoms with Crippen LogP contribution in [0.2, 0.25) is 0 Å². The first kappa shape index (κ1) is 28.4. The molecule has 5 aromatic carbocycles. The number of nitrogen functional groups attached to an aromatic ring is 2. The molecule has 9 nitrogen and oxygen atoms in total. The summed E-state index contributed by atoms with van der Waals surface area (Å²) in [5, 5.41) is 2.83. The molecule has 0 aliphatic carbocycles. The lowest BCUT2D eigenvalue weighted by atomic mass is 9.94. The van der Waals surface area contributed by atoms with Crippen LogP contribution < -0.4 is 22.3 Å². The molecular weight excluding hydrogens is 544 g/mol. The third-order valence-electron chi connectivity index (χ3n) is 6.47. The molecule has 0 saturated heterocycles. The summed E-state index contributed by atoms with van der Waals surface area (Å²) in [7, 11) is 0. The summed E-state index contributed by atoms with van der Waals surface area (Å²) in [4.78, 5) is 44.2. The van der Waals surface area contributed by atoms with E-state index in [1.807, 2.05) is 24.3 Å². The monoisotopic (exact) mass is 572 g/mol. The fourth-order valence-corrected chi connectivity index (χ4v) is 4.30. The average Bonchev–Trinajstić information content (AvgIpc) is 3.03. The number of hydrogen-bond donors (Lipinski definition) is 4. The second-order valence-electron chi connectivity index (χ2n) is 9.56. The van der Waals surface area contributed by atoms with Gasteiger partial charge in [-0.05, 0) is 77.4 Å². The Morgan fingerprint density at radius 3 is 1.72 bits per heavy atom. The molecule has 0 radical (unpaired) electrons. The van der Waals surface area contributed by atoms with Crippen molar-refractivity contribution in [1.82, 2.24) is 0 Å². The molecule has 0 heterocycles. The second-order valence-corrected chi connectivity index (χ2v) is 9.56. The van der Waals surface area contributed by atoms with Gasteiger partial charge in [-0.25, -0.2) is 15.1 Å². The summed E-state index contributed by atoms with van der Waals surface area (Å²) in [6, 6.07) is 34.3. The molecule has 0 spiro atoms. The highest BCUT2D eigenvalue weighted by Crippen LogP contribution is 2.31. The summed E-state index contributed by atoms with van der Waals surface area (Å²) >= 11 is 0. The molecule has 9 heteroatoms. The Bertz CT molecular complexity index is 1760. The first-order valence-electron chi connectivity index (χ1n) is 13.3. The van der Waals surface area contributed by atoms with E-state index < -0.39 is 11.9 Å². The van der Waals surface area contributed by atoms with E-state index in [0.717, 1.165) is 0 Å². The highest BCUT2D eigenvalue weighted by atomic mass is 16.7. The van der Waals surface area contributed by atoms with Crippen molar-refractivity contribution in [3.8, 4) is 11.1 Å². The number of nitrogens with two attached hydrogens (primary N) is 2. The molecule has 43 heavy (non-hydrogen) atoms. The molecular formula is C34H28N4O5. The third-order valence-corrected chi connectivity index (χ3v) is 6.47. The molecule has 0 bridgehead atoms. The predicted octanol–water partition coefficient (Wildman–Crippen LogP) is 6.31. The fraction of sp³-hybridized carbons (Fsp3) is 0.0294. The van der Waals surface area contributed by atoms with Crippen LogP contribution in [0.25, 0.3) is 11.1 Å². The van der Waals surface area contributed by atoms with Crippen LogP contribution in [0.5, 0.6) is 0 Å². The van der Waals surface area contributed by atoms with Crippen LogP contribution in [0.15, 0.2) is 121 Å². The van der Waals surface area contributed by atoms with Crippen molar-refractivity contribution in [2.24, 2.45) is 0 Å². The molecule has 0 aromatic heterocycles. The third kappa shape index (κ3) is 7.17. The smallest absolute Gasteiger partial charge is 0.363 e. The zero-order chi connectivity index (χ0) is 30.2. The Hall–Kier alpha value is -6.09. The molecule has 0 atom stereocenters. The van der Waals surface area contributed by atoms with Gasteiger partial charge in [-0.1, -0.05) is 60.7 Å². The number of anilines is 4.